The quantitative estimate of drug-likeness (QED) is 0.926. The monoisotopic (exact) mass is 305 g/mol. The summed E-state index contributed by atoms with van der Waals surface area (Å²) >= 11 is 2.57. The molecule has 0 spiro atoms. The van der Waals surface area contributed by atoms with Gasteiger partial charge in [0.15, 0.2) is 4.34 Å². The number of halogens is 3. The lowest BCUT2D eigenvalue weighted by Gasteiger charge is -2.12. The highest BCUT2D eigenvalue weighted by atomic mass is 32.2. The normalized spacial score (nSPS) is 11.8. The first kappa shape index (κ1) is 14.4. The Morgan fingerprint density at radius 1 is 1.37 bits per heavy atom. The minimum Gasteiger partial charge on any atom is -0.392 e. The summed E-state index contributed by atoms with van der Waals surface area (Å²) < 4.78 is 39.2. The number of rotatable bonds is 3. The zero-order chi connectivity index (χ0) is 14.0. The molecule has 1 heterocycles. The maximum absolute atomic E-state index is 12.8. The summed E-state index contributed by atoms with van der Waals surface area (Å²) in [6.45, 7) is 1.20. The summed E-state index contributed by atoms with van der Waals surface area (Å²) in [6.07, 6.45) is -4.46. The number of benzene rings is 1. The topological polar surface area (TPSA) is 33.1 Å². The molecule has 0 saturated carbocycles. The largest absolute Gasteiger partial charge is 0.416 e. The highest BCUT2D eigenvalue weighted by Crippen LogP contribution is 2.37. The third-order valence-electron chi connectivity index (χ3n) is 2.36. The molecular formula is C12H10F3NOS2. The Bertz CT molecular complexity index is 581. The Morgan fingerprint density at radius 2 is 2.11 bits per heavy atom. The molecule has 1 aromatic carbocycles. The van der Waals surface area contributed by atoms with E-state index in [1.165, 1.54) is 29.2 Å². The van der Waals surface area contributed by atoms with Crippen molar-refractivity contribution in [3.05, 3.63) is 40.4 Å². The second kappa shape index (κ2) is 5.52. The highest BCUT2D eigenvalue weighted by Gasteiger charge is 2.33. The van der Waals surface area contributed by atoms with Gasteiger partial charge in [0.1, 0.15) is 0 Å². The second-order valence-electron chi connectivity index (χ2n) is 3.83. The summed E-state index contributed by atoms with van der Waals surface area (Å²) in [7, 11) is 0. The number of alkyl halides is 3. The van der Waals surface area contributed by atoms with Crippen molar-refractivity contribution in [2.24, 2.45) is 0 Å². The highest BCUT2D eigenvalue weighted by molar-refractivity contribution is 8.01. The summed E-state index contributed by atoms with van der Waals surface area (Å²) in [5.74, 6) is 0. The molecule has 2 rings (SSSR count). The van der Waals surface area contributed by atoms with Crippen LogP contribution < -0.4 is 0 Å². The SMILES string of the molecule is Cc1csc(Sc2ccc(CO)c(C(F)(F)F)c2)n1. The molecule has 0 amide bonds. The van der Waals surface area contributed by atoms with Gasteiger partial charge in [-0.05, 0) is 24.6 Å². The van der Waals surface area contributed by atoms with E-state index in [4.69, 9.17) is 5.11 Å². The van der Waals surface area contributed by atoms with Gasteiger partial charge < -0.3 is 5.11 Å². The van der Waals surface area contributed by atoms with E-state index in [2.05, 4.69) is 4.98 Å². The minimum atomic E-state index is -4.46. The third kappa shape index (κ3) is 3.49. The summed E-state index contributed by atoms with van der Waals surface area (Å²) in [5.41, 5.74) is -0.0732. The van der Waals surface area contributed by atoms with Crippen molar-refractivity contribution < 1.29 is 18.3 Å². The third-order valence-corrected chi connectivity index (χ3v) is 4.41. The number of aliphatic hydroxyl groups excluding tert-OH is 1. The molecule has 0 fully saturated rings. The van der Waals surface area contributed by atoms with Gasteiger partial charge >= 0.3 is 6.18 Å². The number of aliphatic hydroxyl groups is 1. The van der Waals surface area contributed by atoms with Gasteiger partial charge in [-0.2, -0.15) is 13.2 Å². The molecule has 2 nitrogen and oxygen atoms in total. The molecule has 0 radical (unpaired) electrons. The Kier molecular flexibility index (Phi) is 4.17. The smallest absolute Gasteiger partial charge is 0.392 e. The Balaban J connectivity index is 2.32. The molecule has 0 unspecified atom stereocenters. The van der Waals surface area contributed by atoms with E-state index in [0.717, 1.165) is 11.8 Å². The van der Waals surface area contributed by atoms with Crippen LogP contribution >= 0.6 is 23.1 Å². The first-order chi connectivity index (χ1) is 8.90. The van der Waals surface area contributed by atoms with Crippen molar-refractivity contribution in [3.8, 4) is 0 Å². The van der Waals surface area contributed by atoms with E-state index < -0.39 is 18.3 Å². The number of thiazole rings is 1. The van der Waals surface area contributed by atoms with E-state index in [0.29, 0.717) is 9.24 Å². The summed E-state index contributed by atoms with van der Waals surface area (Å²) in [5, 5.41) is 10.8. The van der Waals surface area contributed by atoms with Gasteiger partial charge in [0.25, 0.3) is 0 Å². The lowest BCUT2D eigenvalue weighted by molar-refractivity contribution is -0.138. The van der Waals surface area contributed by atoms with Crippen molar-refractivity contribution in [2.75, 3.05) is 0 Å². The van der Waals surface area contributed by atoms with Crippen molar-refractivity contribution in [2.45, 2.75) is 28.9 Å². The standard InChI is InChI=1S/C12H10F3NOS2/c1-7-6-18-11(16-7)19-9-3-2-8(5-17)10(4-9)12(13,14)15/h2-4,6,17H,5H2,1H3. The molecule has 1 aromatic heterocycles. The predicted molar refractivity (Wildman–Crippen MR) is 68.3 cm³/mol. The molecule has 7 heteroatoms. The van der Waals surface area contributed by atoms with Crippen LogP contribution in [0.5, 0.6) is 0 Å². The number of aromatic nitrogens is 1. The van der Waals surface area contributed by atoms with Gasteiger partial charge in [0, 0.05) is 16.0 Å². The fourth-order valence-electron chi connectivity index (χ4n) is 1.50. The molecule has 102 valence electrons. The number of aryl methyl sites for hydroxylation is 1. The van der Waals surface area contributed by atoms with Crippen LogP contribution in [0.4, 0.5) is 13.2 Å². The van der Waals surface area contributed by atoms with E-state index in [-0.39, 0.29) is 5.56 Å². The first-order valence-corrected chi connectivity index (χ1v) is 7.00. The number of hydrogen-bond donors (Lipinski definition) is 1. The molecule has 1 N–H and O–H groups in total. The zero-order valence-corrected chi connectivity index (χ0v) is 11.5. The average molecular weight is 305 g/mol. The van der Waals surface area contributed by atoms with Crippen LogP contribution in [-0.2, 0) is 12.8 Å². The fourth-order valence-corrected chi connectivity index (χ4v) is 3.35. The molecule has 0 aliphatic heterocycles. The van der Waals surface area contributed by atoms with Crippen LogP contribution in [0.25, 0.3) is 0 Å². The Hall–Kier alpha value is -1.05. The second-order valence-corrected chi connectivity index (χ2v) is 6.01. The molecule has 0 aliphatic carbocycles. The van der Waals surface area contributed by atoms with E-state index in [9.17, 15) is 13.2 Å². The fraction of sp³-hybridized carbons (Fsp3) is 0.250. The van der Waals surface area contributed by atoms with Crippen LogP contribution in [0.3, 0.4) is 0 Å². The molecule has 0 aliphatic rings. The van der Waals surface area contributed by atoms with Gasteiger partial charge in [-0.1, -0.05) is 17.8 Å². The van der Waals surface area contributed by atoms with Crippen molar-refractivity contribution in [1.29, 1.82) is 0 Å². The van der Waals surface area contributed by atoms with Crippen LogP contribution in [0.1, 0.15) is 16.8 Å². The minimum absolute atomic E-state index is 0.118. The average Bonchev–Trinajstić information content (AvgIpc) is 2.73. The van der Waals surface area contributed by atoms with Crippen molar-refractivity contribution >= 4 is 23.1 Å². The number of nitrogens with zero attached hydrogens (tertiary/aromatic N) is 1. The number of hydrogen-bond acceptors (Lipinski definition) is 4. The summed E-state index contributed by atoms with van der Waals surface area (Å²) in [4.78, 5) is 4.65. The van der Waals surface area contributed by atoms with E-state index >= 15 is 0 Å². The summed E-state index contributed by atoms with van der Waals surface area (Å²) in [6, 6.07) is 3.90. The zero-order valence-electron chi connectivity index (χ0n) is 9.86. The van der Waals surface area contributed by atoms with E-state index in [1.807, 2.05) is 12.3 Å². The molecule has 2 aromatic rings. The van der Waals surface area contributed by atoms with Crippen molar-refractivity contribution in [1.82, 2.24) is 4.98 Å². The van der Waals surface area contributed by atoms with Crippen LogP contribution in [-0.4, -0.2) is 10.1 Å². The lowest BCUT2D eigenvalue weighted by atomic mass is 10.1. The van der Waals surface area contributed by atoms with Crippen LogP contribution in [0.15, 0.2) is 32.8 Å². The molecule has 0 bridgehead atoms. The molecule has 0 saturated heterocycles. The maximum Gasteiger partial charge on any atom is 0.416 e. The molecule has 19 heavy (non-hydrogen) atoms. The van der Waals surface area contributed by atoms with Gasteiger partial charge in [-0.15, -0.1) is 11.3 Å². The Labute approximate surface area is 116 Å². The van der Waals surface area contributed by atoms with Gasteiger partial charge in [0.2, 0.25) is 0 Å². The van der Waals surface area contributed by atoms with Gasteiger partial charge in [-0.3, -0.25) is 0 Å². The molecular weight excluding hydrogens is 295 g/mol. The van der Waals surface area contributed by atoms with Crippen LogP contribution in [0, 0.1) is 6.92 Å². The van der Waals surface area contributed by atoms with Gasteiger partial charge in [0.05, 0.1) is 12.2 Å². The molecule has 0 atom stereocenters. The lowest BCUT2D eigenvalue weighted by Crippen LogP contribution is -2.09. The first-order valence-electron chi connectivity index (χ1n) is 5.31. The Morgan fingerprint density at radius 3 is 2.63 bits per heavy atom. The predicted octanol–water partition coefficient (Wildman–Crippen LogP) is 4.11. The van der Waals surface area contributed by atoms with E-state index in [1.54, 1.807) is 6.07 Å². The van der Waals surface area contributed by atoms with Crippen LogP contribution in [0.2, 0.25) is 0 Å². The van der Waals surface area contributed by atoms with Gasteiger partial charge in [-0.25, -0.2) is 4.98 Å². The maximum atomic E-state index is 12.8. The van der Waals surface area contributed by atoms with Crippen molar-refractivity contribution in [3.63, 3.8) is 0 Å².